The van der Waals surface area contributed by atoms with Crippen LogP contribution in [0.3, 0.4) is 0 Å². The molecular weight excluding hydrogens is 392 g/mol. The molecule has 1 N–H and O–H groups in total. The maximum Gasteiger partial charge on any atom is 0.248 e. The molecule has 3 aliphatic rings. The van der Waals surface area contributed by atoms with Crippen molar-refractivity contribution in [2.75, 3.05) is 17.3 Å². The second-order valence-electron chi connectivity index (χ2n) is 8.16. The number of anilines is 2. The molecule has 2 bridgehead atoms. The number of rotatable bonds is 5. The van der Waals surface area contributed by atoms with Crippen molar-refractivity contribution in [2.45, 2.75) is 6.42 Å². The Morgan fingerprint density at radius 2 is 1.71 bits per heavy atom. The van der Waals surface area contributed by atoms with Crippen molar-refractivity contribution in [1.29, 1.82) is 0 Å². The normalized spacial score (nSPS) is 26.0. The molecule has 1 saturated heterocycles. The van der Waals surface area contributed by atoms with E-state index in [-0.39, 0.29) is 41.4 Å². The Morgan fingerprint density at radius 3 is 2.35 bits per heavy atom. The molecule has 2 aliphatic carbocycles. The summed E-state index contributed by atoms with van der Waals surface area (Å²) >= 11 is 0. The number of carbonyl (C=O) groups excluding carboxylic acids is 3. The first-order chi connectivity index (χ1) is 15.0. The van der Waals surface area contributed by atoms with Gasteiger partial charge in [0.2, 0.25) is 17.7 Å². The Bertz CT molecular complexity index is 1090. The smallest absolute Gasteiger partial charge is 0.248 e. The molecule has 6 heteroatoms. The van der Waals surface area contributed by atoms with Crippen molar-refractivity contribution in [1.82, 2.24) is 0 Å². The molecule has 1 aliphatic heterocycles. The quantitative estimate of drug-likeness (QED) is 0.460. The summed E-state index contributed by atoms with van der Waals surface area (Å²) in [6, 6.07) is 14.2. The zero-order chi connectivity index (χ0) is 21.5. The van der Waals surface area contributed by atoms with E-state index in [2.05, 4.69) is 17.5 Å². The molecule has 0 unspecified atom stereocenters. The van der Waals surface area contributed by atoms with Crippen LogP contribution >= 0.6 is 0 Å². The van der Waals surface area contributed by atoms with Gasteiger partial charge in [-0.05, 0) is 66.3 Å². The average Bonchev–Trinajstić information content (AvgIpc) is 3.47. The van der Waals surface area contributed by atoms with Crippen LogP contribution in [0.4, 0.5) is 11.4 Å². The summed E-state index contributed by atoms with van der Waals surface area (Å²) in [5.41, 5.74) is 1.95. The maximum absolute atomic E-state index is 13.0. The zero-order valence-electron chi connectivity index (χ0n) is 17.0. The molecule has 4 atom stereocenters. The molecule has 1 saturated carbocycles. The molecule has 0 radical (unpaired) electrons. The lowest BCUT2D eigenvalue weighted by Crippen LogP contribution is -2.32. The van der Waals surface area contributed by atoms with E-state index in [1.165, 1.54) is 11.0 Å². The average molecular weight is 414 g/mol. The number of fused-ring (bicyclic) bond motifs is 5. The molecule has 2 aromatic rings. The van der Waals surface area contributed by atoms with E-state index >= 15 is 0 Å². The van der Waals surface area contributed by atoms with Gasteiger partial charge >= 0.3 is 0 Å². The summed E-state index contributed by atoms with van der Waals surface area (Å²) in [6.45, 7) is 0. The number of carbonyl (C=O) groups is 3. The lowest BCUT2D eigenvalue weighted by molar-refractivity contribution is -0.123. The molecule has 31 heavy (non-hydrogen) atoms. The van der Waals surface area contributed by atoms with Gasteiger partial charge in [-0.2, -0.15) is 0 Å². The highest BCUT2D eigenvalue weighted by Crippen LogP contribution is 2.53. The van der Waals surface area contributed by atoms with Gasteiger partial charge in [-0.3, -0.25) is 14.4 Å². The van der Waals surface area contributed by atoms with Gasteiger partial charge < -0.3 is 10.1 Å². The van der Waals surface area contributed by atoms with Crippen LogP contribution in [0.1, 0.15) is 12.0 Å². The van der Waals surface area contributed by atoms with Gasteiger partial charge in [0.25, 0.3) is 0 Å². The number of benzene rings is 2. The summed E-state index contributed by atoms with van der Waals surface area (Å²) in [4.78, 5) is 39.6. The summed E-state index contributed by atoms with van der Waals surface area (Å²) < 4.78 is 5.11. The lowest BCUT2D eigenvalue weighted by Gasteiger charge is -2.17. The highest BCUT2D eigenvalue weighted by Gasteiger charge is 2.59. The van der Waals surface area contributed by atoms with Gasteiger partial charge in [-0.25, -0.2) is 4.90 Å². The third kappa shape index (κ3) is 3.34. The Hall–Kier alpha value is -3.67. The molecular formula is C25H22N2O4. The van der Waals surface area contributed by atoms with Crippen molar-refractivity contribution in [3.63, 3.8) is 0 Å². The number of ether oxygens (including phenoxy) is 1. The number of nitrogens with one attached hydrogen (secondary N) is 1. The highest BCUT2D eigenvalue weighted by atomic mass is 16.5. The van der Waals surface area contributed by atoms with Crippen LogP contribution < -0.4 is 15.0 Å². The predicted octanol–water partition coefficient (Wildman–Crippen LogP) is 3.66. The van der Waals surface area contributed by atoms with E-state index in [9.17, 15) is 14.4 Å². The van der Waals surface area contributed by atoms with Crippen molar-refractivity contribution >= 4 is 35.2 Å². The van der Waals surface area contributed by atoms with Gasteiger partial charge in [-0.1, -0.05) is 24.3 Å². The van der Waals surface area contributed by atoms with E-state index in [1.54, 1.807) is 55.7 Å². The largest absolute Gasteiger partial charge is 0.497 e. The van der Waals surface area contributed by atoms with Crippen LogP contribution in [0.5, 0.6) is 5.75 Å². The zero-order valence-corrected chi connectivity index (χ0v) is 17.0. The Balaban J connectivity index is 1.30. The SMILES string of the molecule is COc1ccc(NC(=O)/C=C/c2cccc(N3C(=O)[C@@H]4[C@H](C3=O)[C@H]3C=C[C@@H]4C3)c2)cc1. The number of amides is 3. The second kappa shape index (κ2) is 7.54. The number of allylic oxidation sites excluding steroid dienone is 2. The fraction of sp³-hybridized carbons (Fsp3) is 0.240. The number of nitrogens with zero attached hydrogens (tertiary/aromatic N) is 1. The van der Waals surface area contributed by atoms with E-state index in [4.69, 9.17) is 4.74 Å². The third-order valence-corrected chi connectivity index (χ3v) is 6.38. The molecule has 5 rings (SSSR count). The first kappa shape index (κ1) is 19.3. The fourth-order valence-electron chi connectivity index (χ4n) is 4.95. The van der Waals surface area contributed by atoms with E-state index in [1.807, 2.05) is 6.07 Å². The topological polar surface area (TPSA) is 75.7 Å². The minimum absolute atomic E-state index is 0.106. The van der Waals surface area contributed by atoms with Crippen LogP contribution in [0.25, 0.3) is 6.08 Å². The van der Waals surface area contributed by atoms with Gasteiger partial charge in [0, 0.05) is 11.8 Å². The third-order valence-electron chi connectivity index (χ3n) is 6.38. The Labute approximate surface area is 180 Å². The summed E-state index contributed by atoms with van der Waals surface area (Å²) in [7, 11) is 1.58. The summed E-state index contributed by atoms with van der Waals surface area (Å²) in [5.74, 6) is 0.136. The molecule has 1 heterocycles. The monoisotopic (exact) mass is 414 g/mol. The second-order valence-corrected chi connectivity index (χ2v) is 8.16. The summed E-state index contributed by atoms with van der Waals surface area (Å²) in [6.07, 6.45) is 8.17. The Kier molecular flexibility index (Phi) is 4.70. The van der Waals surface area contributed by atoms with Crippen molar-refractivity contribution in [3.8, 4) is 5.75 Å². The first-order valence-electron chi connectivity index (χ1n) is 10.3. The standard InChI is InChI=1S/C25H22N2O4/c1-31-20-10-8-18(9-11-20)26-21(28)12-5-15-3-2-4-19(13-15)27-24(29)22-16-6-7-17(14-16)23(22)25(27)30/h2-13,16-17,22-23H,14H2,1H3,(H,26,28)/b12-5+/t16-,17+,22+,23-. The molecule has 2 aromatic carbocycles. The molecule has 0 aromatic heterocycles. The lowest BCUT2D eigenvalue weighted by atomic mass is 9.85. The molecule has 6 nitrogen and oxygen atoms in total. The van der Waals surface area contributed by atoms with E-state index < -0.39 is 0 Å². The number of imide groups is 1. The van der Waals surface area contributed by atoms with Crippen LogP contribution in [0, 0.1) is 23.7 Å². The highest BCUT2D eigenvalue weighted by molar-refractivity contribution is 6.22. The van der Waals surface area contributed by atoms with Gasteiger partial charge in [0.15, 0.2) is 0 Å². The predicted molar refractivity (Wildman–Crippen MR) is 117 cm³/mol. The van der Waals surface area contributed by atoms with Crippen LogP contribution in [-0.2, 0) is 14.4 Å². The van der Waals surface area contributed by atoms with Crippen LogP contribution in [-0.4, -0.2) is 24.8 Å². The van der Waals surface area contributed by atoms with Crippen molar-refractivity contribution in [3.05, 3.63) is 72.3 Å². The molecule has 2 fully saturated rings. The number of hydrogen-bond acceptors (Lipinski definition) is 4. The molecule has 156 valence electrons. The van der Waals surface area contributed by atoms with Crippen molar-refractivity contribution < 1.29 is 19.1 Å². The minimum atomic E-state index is -0.277. The molecule has 0 spiro atoms. The molecule has 3 amide bonds. The van der Waals surface area contributed by atoms with Gasteiger partial charge in [-0.15, -0.1) is 0 Å². The van der Waals surface area contributed by atoms with Crippen molar-refractivity contribution in [2.24, 2.45) is 23.7 Å². The fourth-order valence-corrected chi connectivity index (χ4v) is 4.95. The Morgan fingerprint density at radius 1 is 1.03 bits per heavy atom. The first-order valence-corrected chi connectivity index (χ1v) is 10.3. The van der Waals surface area contributed by atoms with E-state index in [0.29, 0.717) is 17.1 Å². The maximum atomic E-state index is 13.0. The van der Waals surface area contributed by atoms with Gasteiger partial charge in [0.1, 0.15) is 5.75 Å². The van der Waals surface area contributed by atoms with E-state index in [0.717, 1.165) is 12.0 Å². The number of methoxy groups -OCH3 is 1. The van der Waals surface area contributed by atoms with Crippen LogP contribution in [0.2, 0.25) is 0 Å². The van der Waals surface area contributed by atoms with Crippen LogP contribution in [0.15, 0.2) is 66.8 Å². The minimum Gasteiger partial charge on any atom is -0.497 e. The number of hydrogen-bond donors (Lipinski definition) is 1. The van der Waals surface area contributed by atoms with Gasteiger partial charge in [0.05, 0.1) is 24.6 Å². The summed E-state index contributed by atoms with van der Waals surface area (Å²) in [5, 5.41) is 2.78.